The summed E-state index contributed by atoms with van der Waals surface area (Å²) in [6, 6.07) is 7.82. The lowest BCUT2D eigenvalue weighted by molar-refractivity contribution is 0.475. The van der Waals surface area contributed by atoms with E-state index in [0.717, 1.165) is 4.31 Å². The van der Waals surface area contributed by atoms with Gasteiger partial charge < -0.3 is 0 Å². The second-order valence-electron chi connectivity index (χ2n) is 6.54. The summed E-state index contributed by atoms with van der Waals surface area (Å²) in [7, 11) is -7.31. The van der Waals surface area contributed by atoms with Crippen molar-refractivity contribution < 1.29 is 16.8 Å². The maximum Gasteiger partial charge on any atom is 0.244 e. The number of rotatable bonds is 3. The van der Waals surface area contributed by atoms with Gasteiger partial charge in [-0.15, -0.1) is 0 Å². The maximum atomic E-state index is 12.7. The molecule has 0 unspecified atom stereocenters. The monoisotopic (exact) mass is 356 g/mol. The zero-order valence-electron chi connectivity index (χ0n) is 13.4. The molecule has 1 fully saturated rings. The van der Waals surface area contributed by atoms with Gasteiger partial charge in [0.05, 0.1) is 20.5 Å². The number of hydrogen-bond acceptors (Lipinski definition) is 5. The molecule has 1 aromatic carbocycles. The van der Waals surface area contributed by atoms with Crippen LogP contribution in [0.3, 0.4) is 0 Å². The van der Waals surface area contributed by atoms with E-state index in [-0.39, 0.29) is 30.0 Å². The van der Waals surface area contributed by atoms with Crippen LogP contribution < -0.4 is 0 Å². The van der Waals surface area contributed by atoms with Gasteiger partial charge >= 0.3 is 0 Å². The number of sulfonamides is 1. The van der Waals surface area contributed by atoms with Crippen molar-refractivity contribution in [3.63, 3.8) is 0 Å². The molecule has 1 atom stereocenters. The molecule has 0 aliphatic carbocycles. The van der Waals surface area contributed by atoms with Crippen LogP contribution in [-0.4, -0.2) is 44.2 Å². The fourth-order valence-electron chi connectivity index (χ4n) is 2.59. The van der Waals surface area contributed by atoms with Gasteiger partial charge in [0.15, 0.2) is 9.84 Å². The van der Waals surface area contributed by atoms with Gasteiger partial charge in [-0.3, -0.25) is 0 Å². The van der Waals surface area contributed by atoms with E-state index >= 15 is 0 Å². The smallest absolute Gasteiger partial charge is 0.228 e. The van der Waals surface area contributed by atoms with Gasteiger partial charge in [-0.2, -0.15) is 9.57 Å². The molecular formula is C15H20N2O4S2. The Labute approximate surface area is 137 Å². The Morgan fingerprint density at radius 3 is 2.35 bits per heavy atom. The quantitative estimate of drug-likeness (QED) is 0.818. The molecule has 0 spiro atoms. The molecular weight excluding hydrogens is 336 g/mol. The Morgan fingerprint density at radius 2 is 1.78 bits per heavy atom. The number of sulfone groups is 1. The van der Waals surface area contributed by atoms with Crippen LogP contribution in [0.15, 0.2) is 29.2 Å². The minimum absolute atomic E-state index is 0.0645. The van der Waals surface area contributed by atoms with Crippen LogP contribution in [0.2, 0.25) is 0 Å². The summed E-state index contributed by atoms with van der Waals surface area (Å²) >= 11 is 0. The molecule has 0 aromatic heterocycles. The SMILES string of the molecule is CC(C)(C)S(=O)(=O)[C@@H]1CCN(S(=O)(=O)c2ccccc2C#N)C1. The van der Waals surface area contributed by atoms with Crippen LogP contribution in [0.4, 0.5) is 0 Å². The second-order valence-corrected chi connectivity index (χ2v) is 11.4. The van der Waals surface area contributed by atoms with Crippen LogP contribution in [0.1, 0.15) is 32.8 Å². The van der Waals surface area contributed by atoms with Gasteiger partial charge in [0.25, 0.3) is 0 Å². The molecule has 0 bridgehead atoms. The van der Waals surface area contributed by atoms with Crippen LogP contribution in [0.5, 0.6) is 0 Å². The molecule has 1 aliphatic rings. The van der Waals surface area contributed by atoms with E-state index < -0.39 is 29.9 Å². The summed E-state index contributed by atoms with van der Waals surface area (Å²) in [6.07, 6.45) is 0.271. The average Bonchev–Trinajstić information content (AvgIpc) is 2.97. The van der Waals surface area contributed by atoms with Gasteiger partial charge in [-0.25, -0.2) is 16.8 Å². The van der Waals surface area contributed by atoms with Crippen LogP contribution in [-0.2, 0) is 19.9 Å². The van der Waals surface area contributed by atoms with E-state index in [1.165, 1.54) is 12.1 Å². The van der Waals surface area contributed by atoms with Crippen molar-refractivity contribution in [3.8, 4) is 6.07 Å². The molecule has 0 amide bonds. The summed E-state index contributed by atoms with van der Waals surface area (Å²) < 4.78 is 50.7. The van der Waals surface area contributed by atoms with Crippen molar-refractivity contribution in [3.05, 3.63) is 29.8 Å². The predicted molar refractivity (Wildman–Crippen MR) is 87.0 cm³/mol. The van der Waals surface area contributed by atoms with Gasteiger partial charge in [-0.05, 0) is 39.3 Å². The Balaban J connectivity index is 2.34. The van der Waals surface area contributed by atoms with E-state index in [1.54, 1.807) is 32.9 Å². The minimum atomic E-state index is -3.87. The first kappa shape index (κ1) is 17.9. The molecule has 1 aliphatic heterocycles. The Kier molecular flexibility index (Phi) is 4.59. The molecule has 0 N–H and O–H groups in total. The molecule has 1 saturated heterocycles. The van der Waals surface area contributed by atoms with E-state index in [4.69, 9.17) is 5.26 Å². The molecule has 0 saturated carbocycles. The van der Waals surface area contributed by atoms with Gasteiger partial charge in [0.1, 0.15) is 6.07 Å². The number of hydrogen-bond donors (Lipinski definition) is 0. The molecule has 2 rings (SSSR count). The lowest BCUT2D eigenvalue weighted by Crippen LogP contribution is -2.39. The Morgan fingerprint density at radius 1 is 1.17 bits per heavy atom. The fraction of sp³-hybridized carbons (Fsp3) is 0.533. The molecule has 6 nitrogen and oxygen atoms in total. The minimum Gasteiger partial charge on any atom is -0.228 e. The predicted octanol–water partition coefficient (Wildman–Crippen LogP) is 1.53. The standard InChI is InChI=1S/C15H20N2O4S2/c1-15(2,3)22(18,19)13-8-9-17(11-13)23(20,21)14-7-5-4-6-12(14)10-16/h4-7,13H,8-9,11H2,1-3H3/t13-/m1/s1. The first-order chi connectivity index (χ1) is 10.5. The summed E-state index contributed by atoms with van der Waals surface area (Å²) in [5.74, 6) is 0. The first-order valence-corrected chi connectivity index (χ1v) is 10.2. The molecule has 0 radical (unpaired) electrons. The highest BCUT2D eigenvalue weighted by atomic mass is 32.2. The van der Waals surface area contributed by atoms with Crippen LogP contribution in [0, 0.1) is 11.3 Å². The summed E-state index contributed by atoms with van der Waals surface area (Å²) in [6.45, 7) is 4.92. The zero-order chi connectivity index (χ0) is 17.5. The van der Waals surface area contributed by atoms with Crippen molar-refractivity contribution in [2.75, 3.05) is 13.1 Å². The highest BCUT2D eigenvalue weighted by Crippen LogP contribution is 2.30. The second kappa shape index (κ2) is 5.89. The van der Waals surface area contributed by atoms with Gasteiger partial charge in [0.2, 0.25) is 10.0 Å². The molecule has 8 heteroatoms. The molecule has 1 heterocycles. The zero-order valence-corrected chi connectivity index (χ0v) is 15.0. The average molecular weight is 356 g/mol. The van der Waals surface area contributed by atoms with E-state index in [9.17, 15) is 16.8 Å². The first-order valence-electron chi connectivity index (χ1n) is 7.24. The maximum absolute atomic E-state index is 12.7. The third kappa shape index (κ3) is 3.13. The third-order valence-electron chi connectivity index (χ3n) is 4.03. The van der Waals surface area contributed by atoms with Crippen molar-refractivity contribution in [2.24, 2.45) is 0 Å². The molecule has 126 valence electrons. The highest BCUT2D eigenvalue weighted by Gasteiger charge is 2.44. The Hall–Kier alpha value is -1.43. The molecule has 23 heavy (non-hydrogen) atoms. The summed E-state index contributed by atoms with van der Waals surface area (Å²) in [5.41, 5.74) is 0.0645. The van der Waals surface area contributed by atoms with E-state index in [0.29, 0.717) is 0 Å². The van der Waals surface area contributed by atoms with E-state index in [2.05, 4.69) is 0 Å². The van der Waals surface area contributed by atoms with Gasteiger partial charge in [-0.1, -0.05) is 12.1 Å². The topological polar surface area (TPSA) is 95.3 Å². The van der Waals surface area contributed by atoms with Crippen LogP contribution >= 0.6 is 0 Å². The number of nitriles is 1. The van der Waals surface area contributed by atoms with Gasteiger partial charge in [0, 0.05) is 13.1 Å². The van der Waals surface area contributed by atoms with Crippen molar-refractivity contribution >= 4 is 19.9 Å². The fourth-order valence-corrected chi connectivity index (χ4v) is 6.12. The summed E-state index contributed by atoms with van der Waals surface area (Å²) in [5, 5.41) is 8.37. The Bertz CT molecular complexity index is 846. The van der Waals surface area contributed by atoms with Crippen molar-refractivity contribution in [2.45, 2.75) is 42.1 Å². The third-order valence-corrected chi connectivity index (χ3v) is 8.92. The number of nitrogens with zero attached hydrogens (tertiary/aromatic N) is 2. The highest BCUT2D eigenvalue weighted by molar-refractivity contribution is 7.93. The lowest BCUT2D eigenvalue weighted by atomic mass is 10.2. The van der Waals surface area contributed by atoms with Crippen molar-refractivity contribution in [1.82, 2.24) is 4.31 Å². The largest absolute Gasteiger partial charge is 0.244 e. The van der Waals surface area contributed by atoms with Crippen molar-refractivity contribution in [1.29, 1.82) is 5.26 Å². The van der Waals surface area contributed by atoms with Crippen LogP contribution in [0.25, 0.3) is 0 Å². The summed E-state index contributed by atoms with van der Waals surface area (Å²) in [4.78, 5) is -0.0729. The number of benzene rings is 1. The normalized spacial score (nSPS) is 20.3. The van der Waals surface area contributed by atoms with E-state index in [1.807, 2.05) is 6.07 Å². The molecule has 1 aromatic rings. The lowest BCUT2D eigenvalue weighted by Gasteiger charge is -2.24.